The van der Waals surface area contributed by atoms with Crippen LogP contribution in [-0.4, -0.2) is 86.5 Å². The Balaban J connectivity index is 1.78. The van der Waals surface area contributed by atoms with Crippen LogP contribution < -0.4 is 10.9 Å². The number of H-pyrrole nitrogens is 1. The maximum absolute atomic E-state index is 13.2. The molecule has 0 aromatic carbocycles. The van der Waals surface area contributed by atoms with Gasteiger partial charge in [-0.05, 0) is 51.0 Å². The molecule has 3 rings (SSSR count). The lowest BCUT2D eigenvalue weighted by atomic mass is 10.1. The van der Waals surface area contributed by atoms with E-state index in [0.717, 1.165) is 5.57 Å². The summed E-state index contributed by atoms with van der Waals surface area (Å²) in [4.78, 5) is 68.9. The van der Waals surface area contributed by atoms with Crippen molar-refractivity contribution in [2.45, 2.75) is 39.3 Å². The lowest BCUT2D eigenvalue weighted by Crippen LogP contribution is -2.37. The van der Waals surface area contributed by atoms with Gasteiger partial charge >= 0.3 is 6.09 Å². The van der Waals surface area contributed by atoms with Crippen LogP contribution in [0.3, 0.4) is 0 Å². The van der Waals surface area contributed by atoms with Gasteiger partial charge in [0.05, 0.1) is 12.2 Å². The van der Waals surface area contributed by atoms with Crippen LogP contribution in [0, 0.1) is 0 Å². The minimum Gasteiger partial charge on any atom is -0.436 e. The van der Waals surface area contributed by atoms with Gasteiger partial charge in [-0.1, -0.05) is 11.6 Å². The largest absolute Gasteiger partial charge is 0.436 e. The van der Waals surface area contributed by atoms with E-state index < -0.39 is 23.7 Å². The van der Waals surface area contributed by atoms with Gasteiger partial charge in [0.25, 0.3) is 11.5 Å². The normalized spacial score (nSPS) is 11.8. The lowest BCUT2D eigenvalue weighted by molar-refractivity contribution is -0.125. The molecule has 13 nitrogen and oxygen atoms in total. The first-order chi connectivity index (χ1) is 19.0. The van der Waals surface area contributed by atoms with Crippen molar-refractivity contribution in [1.29, 1.82) is 0 Å². The van der Waals surface area contributed by atoms with E-state index in [0.29, 0.717) is 29.1 Å². The van der Waals surface area contributed by atoms with Crippen LogP contribution in [0.25, 0.3) is 17.2 Å². The molecule has 1 unspecified atom stereocenters. The first kappa shape index (κ1) is 29.7. The summed E-state index contributed by atoms with van der Waals surface area (Å²) in [5, 5.41) is 2.58. The van der Waals surface area contributed by atoms with Gasteiger partial charge in [0.15, 0.2) is 11.8 Å². The number of nitrogens with one attached hydrogen (secondary N) is 2. The second kappa shape index (κ2) is 13.3. The van der Waals surface area contributed by atoms with Crippen LogP contribution in [0.1, 0.15) is 38.2 Å². The lowest BCUT2D eigenvalue weighted by Gasteiger charge is -2.19. The molecule has 0 bridgehead atoms. The molecule has 13 heteroatoms. The SMILES string of the molecule is CC(C)=Cc1ncnc2nc(Cn3cccc(NC(=O)C(CC/C=C/C(=O)N(C)C)OC(=O)N(C)C)c3=O)[nH]c12. The molecular formula is C27H34N8O5. The Bertz CT molecular complexity index is 1500. The molecule has 40 heavy (non-hydrogen) atoms. The van der Waals surface area contributed by atoms with Crippen LogP contribution >= 0.6 is 0 Å². The summed E-state index contributed by atoms with van der Waals surface area (Å²) in [6, 6.07) is 3.08. The zero-order valence-corrected chi connectivity index (χ0v) is 23.5. The monoisotopic (exact) mass is 550 g/mol. The van der Waals surface area contributed by atoms with E-state index in [2.05, 4.69) is 25.3 Å². The number of imidazole rings is 1. The molecule has 3 amide bonds. The minimum atomic E-state index is -1.19. The smallest absolute Gasteiger partial charge is 0.410 e. The number of aromatic nitrogens is 5. The highest BCUT2D eigenvalue weighted by molar-refractivity contribution is 5.95. The minimum absolute atomic E-state index is 0.0119. The Labute approximate surface area is 231 Å². The summed E-state index contributed by atoms with van der Waals surface area (Å²) in [5.41, 5.74) is 2.42. The van der Waals surface area contributed by atoms with Crippen LogP contribution in [0.15, 0.2) is 47.2 Å². The van der Waals surface area contributed by atoms with Gasteiger partial charge in [0, 0.05) is 34.4 Å². The third-order valence-electron chi connectivity index (χ3n) is 5.59. The van der Waals surface area contributed by atoms with Gasteiger partial charge < -0.3 is 29.4 Å². The van der Waals surface area contributed by atoms with Crippen molar-refractivity contribution >= 4 is 40.8 Å². The first-order valence-corrected chi connectivity index (χ1v) is 12.6. The quantitative estimate of drug-likeness (QED) is 0.365. The first-order valence-electron chi connectivity index (χ1n) is 12.6. The van der Waals surface area contributed by atoms with Crippen LogP contribution in [-0.2, 0) is 20.9 Å². The summed E-state index contributed by atoms with van der Waals surface area (Å²) in [6.07, 6.45) is 6.39. The highest BCUT2D eigenvalue weighted by atomic mass is 16.6. The summed E-state index contributed by atoms with van der Waals surface area (Å²) in [5.74, 6) is -0.384. The summed E-state index contributed by atoms with van der Waals surface area (Å²) >= 11 is 0. The van der Waals surface area contributed by atoms with Gasteiger partial charge in [0.1, 0.15) is 23.4 Å². The molecule has 1 atom stereocenters. The van der Waals surface area contributed by atoms with Crippen LogP contribution in [0.2, 0.25) is 0 Å². The van der Waals surface area contributed by atoms with E-state index in [9.17, 15) is 19.2 Å². The number of anilines is 1. The number of hydrogen-bond donors (Lipinski definition) is 2. The number of ether oxygens (including phenoxy) is 1. The molecule has 0 saturated carbocycles. The van der Waals surface area contributed by atoms with Gasteiger partial charge in [-0.25, -0.2) is 19.7 Å². The maximum Gasteiger partial charge on any atom is 0.410 e. The third-order valence-corrected chi connectivity index (χ3v) is 5.59. The van der Waals surface area contributed by atoms with Crippen LogP contribution in [0.4, 0.5) is 10.5 Å². The molecule has 0 aliphatic rings. The predicted molar refractivity (Wildman–Crippen MR) is 150 cm³/mol. The average molecular weight is 551 g/mol. The summed E-state index contributed by atoms with van der Waals surface area (Å²) in [7, 11) is 6.24. The molecule has 2 N–H and O–H groups in total. The molecule has 0 aliphatic heterocycles. The zero-order chi connectivity index (χ0) is 29.4. The van der Waals surface area contributed by atoms with Gasteiger partial charge in [-0.2, -0.15) is 0 Å². The maximum atomic E-state index is 13.2. The second-order valence-electron chi connectivity index (χ2n) is 9.69. The topological polar surface area (TPSA) is 155 Å². The Kier molecular flexibility index (Phi) is 9.90. The highest BCUT2D eigenvalue weighted by Crippen LogP contribution is 2.16. The Morgan fingerprint density at radius 1 is 1.15 bits per heavy atom. The predicted octanol–water partition coefficient (Wildman–Crippen LogP) is 2.42. The van der Waals surface area contributed by atoms with Crippen molar-refractivity contribution in [2.24, 2.45) is 0 Å². The van der Waals surface area contributed by atoms with Crippen molar-refractivity contribution in [3.05, 3.63) is 64.3 Å². The van der Waals surface area contributed by atoms with E-state index in [1.807, 2.05) is 19.9 Å². The number of pyridine rings is 1. The van der Waals surface area contributed by atoms with E-state index in [1.54, 1.807) is 32.4 Å². The Hall–Kier alpha value is -4.81. The molecule has 212 valence electrons. The van der Waals surface area contributed by atoms with Crippen molar-refractivity contribution in [2.75, 3.05) is 33.5 Å². The molecule has 3 heterocycles. The molecule has 0 spiro atoms. The number of fused-ring (bicyclic) bond motifs is 1. The van der Waals surface area contributed by atoms with Crippen molar-refractivity contribution in [3.63, 3.8) is 0 Å². The zero-order valence-electron chi connectivity index (χ0n) is 23.5. The van der Waals surface area contributed by atoms with Gasteiger partial charge in [0.2, 0.25) is 5.91 Å². The number of carbonyl (C=O) groups is 3. The number of rotatable bonds is 10. The van der Waals surface area contributed by atoms with Crippen molar-refractivity contribution in [3.8, 4) is 0 Å². The second-order valence-corrected chi connectivity index (χ2v) is 9.69. The Morgan fingerprint density at radius 3 is 2.58 bits per heavy atom. The highest BCUT2D eigenvalue weighted by Gasteiger charge is 2.24. The van der Waals surface area contributed by atoms with E-state index in [1.165, 1.54) is 46.9 Å². The fraction of sp³-hybridized carbons (Fsp3) is 0.370. The van der Waals surface area contributed by atoms with Crippen molar-refractivity contribution in [1.82, 2.24) is 34.3 Å². The van der Waals surface area contributed by atoms with Crippen LogP contribution in [0.5, 0.6) is 0 Å². The number of likely N-dealkylation sites (N-methyl/N-ethyl adjacent to an activating group) is 1. The number of allylic oxidation sites excluding steroid dienone is 2. The third kappa shape index (κ3) is 7.85. The van der Waals surface area contributed by atoms with E-state index >= 15 is 0 Å². The van der Waals surface area contributed by atoms with Crippen molar-refractivity contribution < 1.29 is 19.1 Å². The fourth-order valence-electron chi connectivity index (χ4n) is 3.53. The molecule has 3 aromatic heterocycles. The van der Waals surface area contributed by atoms with Gasteiger partial charge in [-0.15, -0.1) is 0 Å². The molecule has 0 fully saturated rings. The number of aromatic amines is 1. The summed E-state index contributed by atoms with van der Waals surface area (Å²) in [6.45, 7) is 4.01. The number of amides is 3. The summed E-state index contributed by atoms with van der Waals surface area (Å²) < 4.78 is 6.73. The van der Waals surface area contributed by atoms with E-state index in [-0.39, 0.29) is 24.6 Å². The fourth-order valence-corrected chi connectivity index (χ4v) is 3.53. The van der Waals surface area contributed by atoms with E-state index in [4.69, 9.17) is 4.74 Å². The average Bonchev–Trinajstić information content (AvgIpc) is 3.31. The molecule has 0 radical (unpaired) electrons. The Morgan fingerprint density at radius 2 is 1.90 bits per heavy atom. The molecule has 0 aliphatic carbocycles. The number of carbonyl (C=O) groups excluding carboxylic acids is 3. The van der Waals surface area contributed by atoms with Gasteiger partial charge in [-0.3, -0.25) is 14.4 Å². The standard InChI is InChI=1S/C27H34N8O5/c1-17(2)14-19-23-24(29-16-28-19)32-21(31-23)15-35-13-9-10-18(26(35)38)30-25(37)20(40-27(39)34(5)6)11-7-8-12-22(36)33(3)4/h8-10,12-14,16,20H,7,11,15H2,1-6H3,(H,30,37)(H,28,29,31,32)/b12-8+. The molecule has 3 aromatic rings. The molecular weight excluding hydrogens is 516 g/mol. The number of nitrogens with zero attached hydrogens (tertiary/aromatic N) is 6. The number of hydrogen-bond acceptors (Lipinski definition) is 8. The molecule has 0 saturated heterocycles.